The molecule has 3 aromatic heterocycles. The maximum absolute atomic E-state index is 12.4. The second-order valence-electron chi connectivity index (χ2n) is 6.73. The van der Waals surface area contributed by atoms with Crippen LogP contribution in [0.3, 0.4) is 0 Å². The first-order valence-electron chi connectivity index (χ1n) is 8.95. The molecule has 0 spiro atoms. The third-order valence-corrected chi connectivity index (χ3v) is 4.94. The first kappa shape index (κ1) is 17.1. The number of hydrogen-bond donors (Lipinski definition) is 1. The minimum absolute atomic E-state index is 0.00172. The average Bonchev–Trinajstić information content (AvgIpc) is 3.25. The van der Waals surface area contributed by atoms with Crippen molar-refractivity contribution in [3.05, 3.63) is 65.2 Å². The zero-order valence-corrected chi connectivity index (χ0v) is 14.8. The predicted molar refractivity (Wildman–Crippen MR) is 98.9 cm³/mol. The molecule has 4 heterocycles. The lowest BCUT2D eigenvalue weighted by Gasteiger charge is -2.32. The Morgan fingerprint density at radius 2 is 2.11 bits per heavy atom. The van der Waals surface area contributed by atoms with E-state index in [1.54, 1.807) is 41.7 Å². The first-order chi connectivity index (χ1) is 13.2. The van der Waals surface area contributed by atoms with Crippen LogP contribution in [0.5, 0.6) is 0 Å². The molecule has 0 radical (unpaired) electrons. The summed E-state index contributed by atoms with van der Waals surface area (Å²) in [6, 6.07) is 5.25. The van der Waals surface area contributed by atoms with Gasteiger partial charge in [-0.2, -0.15) is 5.10 Å². The van der Waals surface area contributed by atoms with Crippen molar-refractivity contribution in [1.82, 2.24) is 29.6 Å². The van der Waals surface area contributed by atoms with E-state index in [4.69, 9.17) is 0 Å². The summed E-state index contributed by atoms with van der Waals surface area (Å²) >= 11 is 0. The summed E-state index contributed by atoms with van der Waals surface area (Å²) < 4.78 is 1.65. The zero-order chi connectivity index (χ0) is 18.6. The Bertz CT molecular complexity index is 959. The molecule has 0 bridgehead atoms. The highest BCUT2D eigenvalue weighted by molar-refractivity contribution is 5.93. The van der Waals surface area contributed by atoms with Gasteiger partial charge in [0.05, 0.1) is 23.8 Å². The van der Waals surface area contributed by atoms with Gasteiger partial charge in [0.15, 0.2) is 0 Å². The number of aromatic amines is 1. The zero-order valence-electron chi connectivity index (χ0n) is 14.8. The Morgan fingerprint density at radius 1 is 1.26 bits per heavy atom. The summed E-state index contributed by atoms with van der Waals surface area (Å²) in [5, 5.41) is 6.49. The molecule has 1 N–H and O–H groups in total. The van der Waals surface area contributed by atoms with Crippen LogP contribution in [0.25, 0.3) is 11.3 Å². The third kappa shape index (κ3) is 3.79. The molecule has 4 rings (SSSR count). The summed E-state index contributed by atoms with van der Waals surface area (Å²) in [5.41, 5.74) is 1.97. The summed E-state index contributed by atoms with van der Waals surface area (Å²) in [6.07, 6.45) is 9.87. The number of rotatable bonds is 4. The number of piperidine rings is 1. The maximum atomic E-state index is 12.4. The Balaban J connectivity index is 1.38. The molecule has 0 unspecified atom stereocenters. The van der Waals surface area contributed by atoms with Crippen molar-refractivity contribution in [2.45, 2.75) is 19.4 Å². The van der Waals surface area contributed by atoms with E-state index in [9.17, 15) is 9.59 Å². The number of likely N-dealkylation sites (tertiary alicyclic amines) is 1. The average molecular weight is 364 g/mol. The van der Waals surface area contributed by atoms with Gasteiger partial charge < -0.3 is 4.90 Å². The van der Waals surface area contributed by atoms with E-state index in [1.165, 1.54) is 0 Å². The van der Waals surface area contributed by atoms with Gasteiger partial charge in [-0.3, -0.25) is 24.2 Å². The number of hydrogen-bond acceptors (Lipinski definition) is 5. The lowest BCUT2D eigenvalue weighted by molar-refractivity contribution is 0.0682. The Morgan fingerprint density at radius 3 is 2.78 bits per heavy atom. The Labute approximate surface area is 155 Å². The minimum Gasteiger partial charge on any atom is -0.339 e. The van der Waals surface area contributed by atoms with E-state index < -0.39 is 0 Å². The number of amides is 1. The van der Waals surface area contributed by atoms with Crippen LogP contribution in [0.1, 0.15) is 23.2 Å². The van der Waals surface area contributed by atoms with Crippen LogP contribution in [-0.2, 0) is 6.54 Å². The molecule has 138 valence electrons. The van der Waals surface area contributed by atoms with Gasteiger partial charge in [0.1, 0.15) is 0 Å². The largest absolute Gasteiger partial charge is 0.339 e. The standard InChI is InChI=1S/C19H20N6O2/c26-18-8-17(15-2-1-5-20-9-15)21-13-25(18)12-14-3-6-24(7-4-14)19(27)16-10-22-23-11-16/h1-2,5,8-11,13-14H,3-4,6-7,12H2,(H,22,23). The lowest BCUT2D eigenvalue weighted by atomic mass is 9.96. The van der Waals surface area contributed by atoms with Gasteiger partial charge in [-0.15, -0.1) is 0 Å². The van der Waals surface area contributed by atoms with E-state index in [1.807, 2.05) is 17.0 Å². The fraction of sp³-hybridized carbons (Fsp3) is 0.316. The summed E-state index contributed by atoms with van der Waals surface area (Å²) in [7, 11) is 0. The van der Waals surface area contributed by atoms with Gasteiger partial charge in [0, 0.05) is 49.9 Å². The number of nitrogens with one attached hydrogen (secondary N) is 1. The highest BCUT2D eigenvalue weighted by Crippen LogP contribution is 2.20. The number of aromatic nitrogens is 5. The molecule has 8 heteroatoms. The fourth-order valence-corrected chi connectivity index (χ4v) is 3.38. The molecular formula is C19H20N6O2. The molecule has 0 aromatic carbocycles. The molecule has 1 saturated heterocycles. The highest BCUT2D eigenvalue weighted by atomic mass is 16.2. The number of nitrogens with zero attached hydrogens (tertiary/aromatic N) is 5. The Kier molecular flexibility index (Phi) is 4.78. The molecule has 8 nitrogen and oxygen atoms in total. The predicted octanol–water partition coefficient (Wildman–Crippen LogP) is 1.58. The molecule has 1 aliphatic rings. The van der Waals surface area contributed by atoms with E-state index in [2.05, 4.69) is 20.2 Å². The SMILES string of the molecule is O=C(c1cn[nH]c1)N1CCC(Cn2cnc(-c3cccnc3)cc2=O)CC1. The molecule has 27 heavy (non-hydrogen) atoms. The lowest BCUT2D eigenvalue weighted by Crippen LogP contribution is -2.40. The molecular weight excluding hydrogens is 344 g/mol. The van der Waals surface area contributed by atoms with Crippen molar-refractivity contribution >= 4 is 5.91 Å². The number of carbonyl (C=O) groups is 1. The second-order valence-corrected chi connectivity index (χ2v) is 6.73. The van der Waals surface area contributed by atoms with Crippen LogP contribution in [-0.4, -0.2) is 48.6 Å². The van der Waals surface area contributed by atoms with Gasteiger partial charge in [0.2, 0.25) is 0 Å². The van der Waals surface area contributed by atoms with Crippen LogP contribution in [0.4, 0.5) is 0 Å². The molecule has 1 aliphatic heterocycles. The van der Waals surface area contributed by atoms with Gasteiger partial charge >= 0.3 is 0 Å². The van der Waals surface area contributed by atoms with Crippen molar-refractivity contribution in [3.8, 4) is 11.3 Å². The molecule has 0 atom stereocenters. The molecule has 0 saturated carbocycles. The van der Waals surface area contributed by atoms with Gasteiger partial charge in [-0.25, -0.2) is 4.98 Å². The highest BCUT2D eigenvalue weighted by Gasteiger charge is 2.24. The molecule has 3 aromatic rings. The van der Waals surface area contributed by atoms with Crippen LogP contribution < -0.4 is 5.56 Å². The van der Waals surface area contributed by atoms with Crippen molar-refractivity contribution < 1.29 is 4.79 Å². The third-order valence-electron chi connectivity index (χ3n) is 4.94. The van der Waals surface area contributed by atoms with Crippen molar-refractivity contribution in [1.29, 1.82) is 0 Å². The van der Waals surface area contributed by atoms with Crippen molar-refractivity contribution in [2.24, 2.45) is 5.92 Å². The van der Waals surface area contributed by atoms with Crippen LogP contribution in [0.2, 0.25) is 0 Å². The van der Waals surface area contributed by atoms with Crippen molar-refractivity contribution in [3.63, 3.8) is 0 Å². The number of pyridine rings is 1. The maximum Gasteiger partial charge on any atom is 0.257 e. The van der Waals surface area contributed by atoms with E-state index in [-0.39, 0.29) is 11.5 Å². The minimum atomic E-state index is -0.0687. The van der Waals surface area contributed by atoms with Crippen molar-refractivity contribution in [2.75, 3.05) is 13.1 Å². The fourth-order valence-electron chi connectivity index (χ4n) is 3.38. The molecule has 1 amide bonds. The van der Waals surface area contributed by atoms with E-state index in [0.717, 1.165) is 18.4 Å². The second kappa shape index (κ2) is 7.53. The summed E-state index contributed by atoms with van der Waals surface area (Å²) in [6.45, 7) is 1.99. The number of carbonyl (C=O) groups excluding carboxylic acids is 1. The summed E-state index contributed by atoms with van der Waals surface area (Å²) in [4.78, 5) is 35.1. The van der Waals surface area contributed by atoms with E-state index in [0.29, 0.717) is 36.8 Å². The molecule has 1 fully saturated rings. The Hall–Kier alpha value is -3.29. The topological polar surface area (TPSA) is 96.8 Å². The molecule has 0 aliphatic carbocycles. The van der Waals surface area contributed by atoms with Gasteiger partial charge in [-0.05, 0) is 30.9 Å². The van der Waals surface area contributed by atoms with Crippen LogP contribution in [0.15, 0.2) is 54.1 Å². The monoisotopic (exact) mass is 364 g/mol. The number of H-pyrrole nitrogens is 1. The normalized spacial score (nSPS) is 15.0. The van der Waals surface area contributed by atoms with Crippen LogP contribution in [0, 0.1) is 5.92 Å². The van der Waals surface area contributed by atoms with Crippen LogP contribution >= 0.6 is 0 Å². The van der Waals surface area contributed by atoms with E-state index >= 15 is 0 Å². The summed E-state index contributed by atoms with van der Waals surface area (Å²) in [5.74, 6) is 0.351. The van der Waals surface area contributed by atoms with Gasteiger partial charge in [-0.1, -0.05) is 0 Å². The quantitative estimate of drug-likeness (QED) is 0.758. The first-order valence-corrected chi connectivity index (χ1v) is 8.95. The van der Waals surface area contributed by atoms with Gasteiger partial charge in [0.25, 0.3) is 11.5 Å². The smallest absolute Gasteiger partial charge is 0.257 e.